The maximum absolute atomic E-state index is 13.3. The molecule has 7 nitrogen and oxygen atoms in total. The minimum atomic E-state index is -0.522. The van der Waals surface area contributed by atoms with Crippen LogP contribution < -0.4 is 0 Å². The van der Waals surface area contributed by atoms with E-state index in [9.17, 15) is 9.59 Å². The zero-order valence-electron chi connectivity index (χ0n) is 18.0. The number of halogens is 1. The Kier molecular flexibility index (Phi) is 5.01. The molecular formula is C24H23ClN4O3. The van der Waals surface area contributed by atoms with E-state index in [1.165, 1.54) is 33.6 Å². The van der Waals surface area contributed by atoms with Crippen LogP contribution in [-0.4, -0.2) is 51.1 Å². The van der Waals surface area contributed by atoms with Gasteiger partial charge in [0.2, 0.25) is 0 Å². The normalized spacial score (nSPS) is 16.8. The molecule has 32 heavy (non-hydrogen) atoms. The molecule has 3 aromatic rings. The molecule has 0 unspecified atom stereocenters. The highest BCUT2D eigenvalue weighted by Gasteiger charge is 2.42. The number of likely N-dealkylation sites (tertiary alicyclic amines) is 1. The Morgan fingerprint density at radius 3 is 2.66 bits per heavy atom. The summed E-state index contributed by atoms with van der Waals surface area (Å²) in [6.45, 7) is 5.41. The van der Waals surface area contributed by atoms with Crippen molar-refractivity contribution in [3.63, 3.8) is 0 Å². The quantitative estimate of drug-likeness (QED) is 0.442. The number of carbonyl (C=O) groups is 2. The van der Waals surface area contributed by atoms with Gasteiger partial charge in [0.1, 0.15) is 10.7 Å². The zero-order valence-corrected chi connectivity index (χ0v) is 18.7. The molecule has 0 saturated carbocycles. The second-order valence-electron chi connectivity index (χ2n) is 8.27. The standard InChI is InChI=1S/C24H23ClN4O3/c1-3-32-23(31)18-14-27-29-20(25)17(13-26-21(18)29)22(30)28-10-8-24(9-11-28)15(2)12-16-6-4-5-7-19(16)24/h4-7,12-14H,3,8-11H2,1-2H3. The van der Waals surface area contributed by atoms with Gasteiger partial charge in [-0.25, -0.2) is 14.3 Å². The molecule has 1 amide bonds. The van der Waals surface area contributed by atoms with Crippen LogP contribution in [0.25, 0.3) is 11.7 Å². The van der Waals surface area contributed by atoms with Gasteiger partial charge in [0.05, 0.1) is 18.4 Å². The smallest absolute Gasteiger partial charge is 0.343 e. The lowest BCUT2D eigenvalue weighted by atomic mass is 9.70. The van der Waals surface area contributed by atoms with E-state index in [0.717, 1.165) is 12.8 Å². The van der Waals surface area contributed by atoms with Crippen molar-refractivity contribution < 1.29 is 14.3 Å². The van der Waals surface area contributed by atoms with Crippen molar-refractivity contribution in [3.05, 3.63) is 69.6 Å². The first-order chi connectivity index (χ1) is 15.5. The Hall–Kier alpha value is -3.19. The molecule has 5 rings (SSSR count). The molecule has 8 heteroatoms. The highest BCUT2D eigenvalue weighted by Crippen LogP contribution is 2.48. The fraction of sp³-hybridized carbons (Fsp3) is 0.333. The van der Waals surface area contributed by atoms with E-state index >= 15 is 0 Å². The summed E-state index contributed by atoms with van der Waals surface area (Å²) in [6, 6.07) is 8.50. The topological polar surface area (TPSA) is 76.8 Å². The fourth-order valence-corrected chi connectivity index (χ4v) is 5.22. The van der Waals surface area contributed by atoms with Gasteiger partial charge in [0.15, 0.2) is 5.65 Å². The summed E-state index contributed by atoms with van der Waals surface area (Å²) in [7, 11) is 0. The molecule has 1 aliphatic carbocycles. The number of esters is 1. The summed E-state index contributed by atoms with van der Waals surface area (Å²) in [6.07, 6.45) is 6.77. The van der Waals surface area contributed by atoms with E-state index in [1.54, 1.807) is 6.92 Å². The molecule has 0 atom stereocenters. The van der Waals surface area contributed by atoms with Crippen molar-refractivity contribution in [2.45, 2.75) is 32.1 Å². The van der Waals surface area contributed by atoms with Crippen LogP contribution >= 0.6 is 11.6 Å². The summed E-state index contributed by atoms with van der Waals surface area (Å²) in [5.74, 6) is -0.702. The second kappa shape index (κ2) is 7.74. The number of piperidine rings is 1. The number of hydrogen-bond acceptors (Lipinski definition) is 5. The summed E-state index contributed by atoms with van der Waals surface area (Å²) >= 11 is 6.51. The van der Waals surface area contributed by atoms with E-state index in [0.29, 0.717) is 13.1 Å². The van der Waals surface area contributed by atoms with E-state index in [1.807, 2.05) is 4.90 Å². The van der Waals surface area contributed by atoms with Crippen LogP contribution in [0.5, 0.6) is 0 Å². The first kappa shape index (κ1) is 20.7. The number of carbonyl (C=O) groups excluding carboxylic acids is 2. The Labute approximate surface area is 190 Å². The van der Waals surface area contributed by atoms with Crippen LogP contribution in [0, 0.1) is 0 Å². The van der Waals surface area contributed by atoms with Gasteiger partial charge in [-0.3, -0.25) is 4.79 Å². The van der Waals surface area contributed by atoms with Crippen molar-refractivity contribution in [2.75, 3.05) is 19.7 Å². The van der Waals surface area contributed by atoms with Crippen molar-refractivity contribution in [3.8, 4) is 0 Å². The molecule has 1 spiro atoms. The van der Waals surface area contributed by atoms with Gasteiger partial charge in [0, 0.05) is 24.7 Å². The molecule has 2 aromatic heterocycles. The summed E-state index contributed by atoms with van der Waals surface area (Å²) < 4.78 is 6.34. The monoisotopic (exact) mass is 450 g/mol. The van der Waals surface area contributed by atoms with Crippen molar-refractivity contribution in [1.82, 2.24) is 19.5 Å². The van der Waals surface area contributed by atoms with Gasteiger partial charge in [-0.05, 0) is 37.8 Å². The van der Waals surface area contributed by atoms with Crippen molar-refractivity contribution >= 4 is 35.2 Å². The molecule has 164 valence electrons. The lowest BCUT2D eigenvalue weighted by molar-refractivity contribution is 0.0528. The number of ether oxygens (including phenoxy) is 1. The average molecular weight is 451 g/mol. The molecule has 1 aromatic carbocycles. The van der Waals surface area contributed by atoms with Crippen LogP contribution in [0.1, 0.15) is 58.5 Å². The molecule has 0 N–H and O–H groups in total. The Balaban J connectivity index is 1.39. The van der Waals surface area contributed by atoms with Gasteiger partial charge in [-0.1, -0.05) is 47.5 Å². The molecule has 1 aliphatic heterocycles. The van der Waals surface area contributed by atoms with E-state index in [4.69, 9.17) is 16.3 Å². The average Bonchev–Trinajstić information content (AvgIpc) is 3.35. The third-order valence-corrected chi connectivity index (χ3v) is 7.06. The number of nitrogens with zero attached hydrogens (tertiary/aromatic N) is 4. The first-order valence-electron chi connectivity index (χ1n) is 10.7. The number of fused-ring (bicyclic) bond motifs is 3. The second-order valence-corrected chi connectivity index (χ2v) is 8.62. The maximum atomic E-state index is 13.3. The van der Waals surface area contributed by atoms with Gasteiger partial charge < -0.3 is 9.64 Å². The molecule has 0 bridgehead atoms. The van der Waals surface area contributed by atoms with Crippen LogP contribution in [-0.2, 0) is 10.2 Å². The minimum Gasteiger partial charge on any atom is -0.462 e. The highest BCUT2D eigenvalue weighted by atomic mass is 35.5. The first-order valence-corrected chi connectivity index (χ1v) is 11.1. The fourth-order valence-electron chi connectivity index (χ4n) is 4.97. The van der Waals surface area contributed by atoms with Crippen molar-refractivity contribution in [2.24, 2.45) is 0 Å². The number of benzene rings is 1. The molecule has 2 aliphatic rings. The predicted octanol–water partition coefficient (Wildman–Crippen LogP) is 4.15. The lowest BCUT2D eigenvalue weighted by Gasteiger charge is -2.41. The number of allylic oxidation sites excluding steroid dienone is 1. The number of amides is 1. The van der Waals surface area contributed by atoms with Crippen LogP contribution in [0.3, 0.4) is 0 Å². The van der Waals surface area contributed by atoms with Gasteiger partial charge in [-0.15, -0.1) is 0 Å². The molecule has 1 saturated heterocycles. The van der Waals surface area contributed by atoms with Crippen molar-refractivity contribution in [1.29, 1.82) is 0 Å². The minimum absolute atomic E-state index is 0.00407. The third-order valence-electron chi connectivity index (χ3n) is 6.70. The summed E-state index contributed by atoms with van der Waals surface area (Å²) in [5.41, 5.74) is 4.74. The van der Waals surface area contributed by atoms with Crippen LogP contribution in [0.15, 0.2) is 42.2 Å². The van der Waals surface area contributed by atoms with E-state index in [2.05, 4.69) is 47.3 Å². The molecule has 0 radical (unpaired) electrons. The summed E-state index contributed by atoms with van der Waals surface area (Å²) in [5, 5.41) is 4.28. The number of rotatable bonds is 3. The molecular weight excluding hydrogens is 428 g/mol. The van der Waals surface area contributed by atoms with Gasteiger partial charge in [-0.2, -0.15) is 5.10 Å². The van der Waals surface area contributed by atoms with Crippen LogP contribution in [0.2, 0.25) is 5.15 Å². The number of hydrogen-bond donors (Lipinski definition) is 0. The van der Waals surface area contributed by atoms with Crippen LogP contribution in [0.4, 0.5) is 0 Å². The van der Waals surface area contributed by atoms with Gasteiger partial charge in [0.25, 0.3) is 5.91 Å². The van der Waals surface area contributed by atoms with E-state index < -0.39 is 5.97 Å². The SMILES string of the molecule is CCOC(=O)c1cnn2c(Cl)c(C(=O)N3CCC4(CC3)C(C)=Cc3ccccc34)cnc12. The lowest BCUT2D eigenvalue weighted by Crippen LogP contribution is -2.45. The van der Waals surface area contributed by atoms with E-state index in [-0.39, 0.29) is 39.9 Å². The Morgan fingerprint density at radius 2 is 1.91 bits per heavy atom. The number of aromatic nitrogens is 3. The Morgan fingerprint density at radius 1 is 1.16 bits per heavy atom. The summed E-state index contributed by atoms with van der Waals surface area (Å²) in [4.78, 5) is 31.5. The third kappa shape index (κ3) is 3.03. The molecule has 3 heterocycles. The highest BCUT2D eigenvalue weighted by molar-refractivity contribution is 6.33. The molecule has 1 fully saturated rings. The van der Waals surface area contributed by atoms with Gasteiger partial charge >= 0.3 is 5.97 Å². The zero-order chi connectivity index (χ0) is 22.5. The Bertz CT molecular complexity index is 1270. The maximum Gasteiger partial charge on any atom is 0.343 e. The largest absolute Gasteiger partial charge is 0.462 e. The predicted molar refractivity (Wildman–Crippen MR) is 121 cm³/mol.